The van der Waals surface area contributed by atoms with Gasteiger partial charge in [-0.1, -0.05) is 6.92 Å². The van der Waals surface area contributed by atoms with Gasteiger partial charge in [0.1, 0.15) is 0 Å². The molecule has 1 aliphatic rings. The van der Waals surface area contributed by atoms with E-state index in [9.17, 15) is 9.59 Å². The van der Waals surface area contributed by atoms with Crippen LogP contribution in [0.3, 0.4) is 0 Å². The Bertz CT molecular complexity index is 223. The number of nitrogens with one attached hydrogen (secondary N) is 1. The van der Waals surface area contributed by atoms with Gasteiger partial charge in [-0.25, -0.2) is 4.79 Å². The fraction of sp³-hybridized carbons (Fsp3) is 0.750. The van der Waals surface area contributed by atoms with E-state index in [1.54, 1.807) is 18.9 Å². The number of likely N-dealkylation sites (tertiary alicyclic amines) is 1. The van der Waals surface area contributed by atoms with E-state index in [4.69, 9.17) is 5.11 Å². The van der Waals surface area contributed by atoms with E-state index in [1.807, 2.05) is 0 Å². The summed E-state index contributed by atoms with van der Waals surface area (Å²) in [6.07, 6.45) is 0. The van der Waals surface area contributed by atoms with Gasteiger partial charge in [-0.3, -0.25) is 4.79 Å². The summed E-state index contributed by atoms with van der Waals surface area (Å²) in [5, 5.41) is 11.2. The molecule has 1 atom stereocenters. The van der Waals surface area contributed by atoms with Crippen molar-refractivity contribution >= 4 is 12.0 Å². The maximum Gasteiger partial charge on any atom is 0.317 e. The Morgan fingerprint density at radius 1 is 1.54 bits per heavy atom. The van der Waals surface area contributed by atoms with Gasteiger partial charge in [0.2, 0.25) is 0 Å². The quantitative estimate of drug-likeness (QED) is 0.636. The molecule has 1 unspecified atom stereocenters. The summed E-state index contributed by atoms with van der Waals surface area (Å²) in [6, 6.07) is -0.131. The Balaban J connectivity index is 2.33. The summed E-state index contributed by atoms with van der Waals surface area (Å²) in [6.45, 7) is 2.77. The summed E-state index contributed by atoms with van der Waals surface area (Å²) < 4.78 is 0. The number of hydrogen-bond donors (Lipinski definition) is 2. The van der Waals surface area contributed by atoms with E-state index < -0.39 is 5.97 Å². The van der Waals surface area contributed by atoms with Crippen LogP contribution in [0.25, 0.3) is 0 Å². The molecule has 1 fully saturated rings. The Hall–Kier alpha value is -1.26. The number of carbonyl (C=O) groups excluding carboxylic acids is 1. The molecule has 13 heavy (non-hydrogen) atoms. The predicted molar refractivity (Wildman–Crippen MR) is 46.3 cm³/mol. The number of carboxylic acids is 1. The van der Waals surface area contributed by atoms with Crippen molar-refractivity contribution in [3.8, 4) is 0 Å². The SMILES string of the molecule is CNC(=O)N1CC(C(C)C(=O)O)C1. The van der Waals surface area contributed by atoms with Crippen LogP contribution in [-0.4, -0.2) is 42.1 Å². The van der Waals surface area contributed by atoms with E-state index in [-0.39, 0.29) is 17.9 Å². The number of rotatable bonds is 2. The first kappa shape index (κ1) is 9.83. The molecule has 0 spiro atoms. The van der Waals surface area contributed by atoms with Crippen LogP contribution >= 0.6 is 0 Å². The summed E-state index contributed by atoms with van der Waals surface area (Å²) in [5.74, 6) is -1.04. The minimum absolute atomic E-state index is 0.106. The van der Waals surface area contributed by atoms with Gasteiger partial charge in [-0.2, -0.15) is 0 Å². The molecular weight excluding hydrogens is 172 g/mol. The molecule has 0 aromatic rings. The van der Waals surface area contributed by atoms with Gasteiger partial charge < -0.3 is 15.3 Å². The van der Waals surface area contributed by atoms with Gasteiger partial charge in [-0.15, -0.1) is 0 Å². The molecule has 1 rings (SSSR count). The van der Waals surface area contributed by atoms with Crippen LogP contribution in [0.4, 0.5) is 4.79 Å². The van der Waals surface area contributed by atoms with Crippen LogP contribution in [-0.2, 0) is 4.79 Å². The van der Waals surface area contributed by atoms with Gasteiger partial charge >= 0.3 is 12.0 Å². The molecule has 2 N–H and O–H groups in total. The summed E-state index contributed by atoms with van der Waals surface area (Å²) in [4.78, 5) is 23.2. The van der Waals surface area contributed by atoms with Crippen LogP contribution in [0, 0.1) is 11.8 Å². The van der Waals surface area contributed by atoms with Crippen LogP contribution in [0.5, 0.6) is 0 Å². The third-order valence-corrected chi connectivity index (χ3v) is 2.51. The number of amides is 2. The molecular formula is C8H14N2O3. The molecule has 5 nitrogen and oxygen atoms in total. The highest BCUT2D eigenvalue weighted by Gasteiger charge is 2.36. The van der Waals surface area contributed by atoms with Crippen molar-refractivity contribution in [1.29, 1.82) is 0 Å². The third-order valence-electron chi connectivity index (χ3n) is 2.51. The largest absolute Gasteiger partial charge is 0.481 e. The fourth-order valence-electron chi connectivity index (χ4n) is 1.35. The highest BCUT2D eigenvalue weighted by atomic mass is 16.4. The van der Waals surface area contributed by atoms with E-state index in [2.05, 4.69) is 5.32 Å². The van der Waals surface area contributed by atoms with Crippen molar-refractivity contribution in [2.75, 3.05) is 20.1 Å². The van der Waals surface area contributed by atoms with Crippen molar-refractivity contribution in [3.63, 3.8) is 0 Å². The lowest BCUT2D eigenvalue weighted by molar-refractivity contribution is -0.144. The fourth-order valence-corrected chi connectivity index (χ4v) is 1.35. The van der Waals surface area contributed by atoms with Gasteiger partial charge in [-0.05, 0) is 0 Å². The lowest BCUT2D eigenvalue weighted by Gasteiger charge is -2.40. The highest BCUT2D eigenvalue weighted by molar-refractivity contribution is 5.75. The normalized spacial score (nSPS) is 19.1. The van der Waals surface area contributed by atoms with E-state index in [1.165, 1.54) is 0 Å². The smallest absolute Gasteiger partial charge is 0.317 e. The standard InChI is InChI=1S/C8H14N2O3/c1-5(7(11)12)6-3-10(4-6)8(13)9-2/h5-6H,3-4H2,1-2H3,(H,9,13)(H,11,12). The van der Waals surface area contributed by atoms with Crippen LogP contribution in [0.15, 0.2) is 0 Å². The van der Waals surface area contributed by atoms with Gasteiger partial charge in [0, 0.05) is 26.1 Å². The number of hydrogen-bond acceptors (Lipinski definition) is 2. The van der Waals surface area contributed by atoms with Gasteiger partial charge in [0.15, 0.2) is 0 Å². The second-order valence-corrected chi connectivity index (χ2v) is 3.35. The lowest BCUT2D eigenvalue weighted by atomic mass is 9.87. The molecule has 1 heterocycles. The molecule has 5 heteroatoms. The zero-order valence-electron chi connectivity index (χ0n) is 7.78. The van der Waals surface area contributed by atoms with E-state index >= 15 is 0 Å². The average Bonchev–Trinajstić information content (AvgIpc) is 2.00. The highest BCUT2D eigenvalue weighted by Crippen LogP contribution is 2.23. The number of carbonyl (C=O) groups is 2. The van der Waals surface area contributed by atoms with Crippen LogP contribution < -0.4 is 5.32 Å². The van der Waals surface area contributed by atoms with Gasteiger partial charge in [0.25, 0.3) is 0 Å². The van der Waals surface area contributed by atoms with Crippen molar-refractivity contribution in [1.82, 2.24) is 10.2 Å². The van der Waals surface area contributed by atoms with Gasteiger partial charge in [0.05, 0.1) is 5.92 Å². The molecule has 1 aliphatic heterocycles. The summed E-state index contributed by atoms with van der Waals surface area (Å²) in [5.41, 5.74) is 0. The monoisotopic (exact) mass is 186 g/mol. The zero-order chi connectivity index (χ0) is 10.0. The van der Waals surface area contributed by atoms with Crippen molar-refractivity contribution < 1.29 is 14.7 Å². The zero-order valence-corrected chi connectivity index (χ0v) is 7.78. The molecule has 74 valence electrons. The van der Waals surface area contributed by atoms with E-state index in [0.717, 1.165) is 0 Å². The average molecular weight is 186 g/mol. The summed E-state index contributed by atoms with van der Waals surface area (Å²) >= 11 is 0. The Morgan fingerprint density at radius 3 is 2.46 bits per heavy atom. The van der Waals surface area contributed by atoms with Crippen LogP contribution in [0.2, 0.25) is 0 Å². The first-order valence-electron chi connectivity index (χ1n) is 4.25. The molecule has 2 amide bonds. The van der Waals surface area contributed by atoms with Crippen molar-refractivity contribution in [3.05, 3.63) is 0 Å². The third kappa shape index (κ3) is 1.91. The Morgan fingerprint density at radius 2 is 2.08 bits per heavy atom. The molecule has 0 aromatic heterocycles. The lowest BCUT2D eigenvalue weighted by Crippen LogP contribution is -2.55. The predicted octanol–water partition coefficient (Wildman–Crippen LogP) is -0.0217. The first-order valence-corrected chi connectivity index (χ1v) is 4.25. The maximum absolute atomic E-state index is 11.0. The first-order chi connectivity index (χ1) is 6.06. The Labute approximate surface area is 76.7 Å². The molecule has 0 saturated carbocycles. The molecule has 0 aromatic carbocycles. The number of urea groups is 1. The minimum Gasteiger partial charge on any atom is -0.481 e. The maximum atomic E-state index is 11.0. The van der Waals surface area contributed by atoms with Crippen LogP contribution in [0.1, 0.15) is 6.92 Å². The molecule has 1 saturated heterocycles. The molecule has 0 bridgehead atoms. The number of aliphatic carboxylic acids is 1. The Kier molecular flexibility index (Phi) is 2.75. The molecule has 0 radical (unpaired) electrons. The van der Waals surface area contributed by atoms with Crippen molar-refractivity contribution in [2.24, 2.45) is 11.8 Å². The minimum atomic E-state index is -0.790. The molecule has 0 aliphatic carbocycles. The second kappa shape index (κ2) is 3.64. The second-order valence-electron chi connectivity index (χ2n) is 3.35. The topological polar surface area (TPSA) is 69.6 Å². The summed E-state index contributed by atoms with van der Waals surface area (Å²) in [7, 11) is 1.57. The number of nitrogens with zero attached hydrogens (tertiary/aromatic N) is 1. The van der Waals surface area contributed by atoms with E-state index in [0.29, 0.717) is 13.1 Å². The van der Waals surface area contributed by atoms with Crippen molar-refractivity contribution in [2.45, 2.75) is 6.92 Å². The number of carboxylic acid groups (broad SMARTS) is 1.